The summed E-state index contributed by atoms with van der Waals surface area (Å²) < 4.78 is 24.4. The SMILES string of the molecule is CNc1nnc(SCC(=O)N(C2CCCC2)[C@@H]2CCS(=O)(=O)C2)s1. The molecule has 1 aromatic heterocycles. The molecule has 3 rings (SSSR count). The smallest absolute Gasteiger partial charge is 0.233 e. The number of anilines is 1. The zero-order valence-corrected chi connectivity index (χ0v) is 16.1. The molecule has 1 aliphatic carbocycles. The van der Waals surface area contributed by atoms with Crippen LogP contribution in [0, 0.1) is 0 Å². The summed E-state index contributed by atoms with van der Waals surface area (Å²) in [5.41, 5.74) is 0. The molecule has 0 aromatic carbocycles. The van der Waals surface area contributed by atoms with E-state index in [1.54, 1.807) is 7.05 Å². The summed E-state index contributed by atoms with van der Waals surface area (Å²) in [5.74, 6) is 0.618. The predicted molar refractivity (Wildman–Crippen MR) is 96.3 cm³/mol. The number of hydrogen-bond acceptors (Lipinski definition) is 8. The fraction of sp³-hybridized carbons (Fsp3) is 0.786. The minimum absolute atomic E-state index is 0.0233. The molecule has 7 nitrogen and oxygen atoms in total. The topological polar surface area (TPSA) is 92.3 Å². The third-order valence-corrected chi connectivity index (χ3v) is 8.36. The van der Waals surface area contributed by atoms with E-state index in [0.29, 0.717) is 6.42 Å². The highest BCUT2D eigenvalue weighted by molar-refractivity contribution is 8.01. The van der Waals surface area contributed by atoms with Crippen LogP contribution >= 0.6 is 23.1 Å². The Hall–Kier alpha value is -0.870. The van der Waals surface area contributed by atoms with Crippen LogP contribution in [0.2, 0.25) is 0 Å². The van der Waals surface area contributed by atoms with Crippen LogP contribution < -0.4 is 5.32 Å². The van der Waals surface area contributed by atoms with Gasteiger partial charge in [0.1, 0.15) is 0 Å². The molecule has 24 heavy (non-hydrogen) atoms. The number of sulfone groups is 1. The van der Waals surface area contributed by atoms with E-state index in [1.165, 1.54) is 23.1 Å². The lowest BCUT2D eigenvalue weighted by Gasteiger charge is -2.34. The zero-order chi connectivity index (χ0) is 17.2. The Balaban J connectivity index is 1.66. The molecule has 1 saturated heterocycles. The zero-order valence-electron chi connectivity index (χ0n) is 13.6. The number of hydrogen-bond donors (Lipinski definition) is 1. The average Bonchev–Trinajstić information content (AvgIpc) is 3.27. The van der Waals surface area contributed by atoms with Gasteiger partial charge >= 0.3 is 0 Å². The van der Waals surface area contributed by atoms with Gasteiger partial charge in [-0.1, -0.05) is 35.9 Å². The molecule has 10 heteroatoms. The standard InChI is InChI=1S/C14H22N4O3S3/c1-15-13-16-17-14(23-13)22-8-12(19)18(10-4-2-3-5-10)11-6-7-24(20,21)9-11/h10-11H,2-9H2,1H3,(H,15,16)/t11-/m1/s1. The Kier molecular flexibility index (Phi) is 5.66. The molecular weight excluding hydrogens is 368 g/mol. The highest BCUT2D eigenvalue weighted by atomic mass is 32.2. The molecule has 134 valence electrons. The highest BCUT2D eigenvalue weighted by Gasteiger charge is 2.38. The Bertz CT molecular complexity index is 685. The van der Waals surface area contributed by atoms with Crippen LogP contribution in [0.1, 0.15) is 32.1 Å². The third-order valence-electron chi connectivity index (χ3n) is 4.55. The number of carbonyl (C=O) groups excluding carboxylic acids is 1. The van der Waals surface area contributed by atoms with E-state index < -0.39 is 9.84 Å². The lowest BCUT2D eigenvalue weighted by molar-refractivity contribution is -0.132. The Labute approximate surface area is 150 Å². The number of amides is 1. The van der Waals surface area contributed by atoms with E-state index in [4.69, 9.17) is 0 Å². The maximum absolute atomic E-state index is 12.8. The van der Waals surface area contributed by atoms with E-state index in [-0.39, 0.29) is 35.2 Å². The lowest BCUT2D eigenvalue weighted by Crippen LogP contribution is -2.47. The van der Waals surface area contributed by atoms with E-state index in [2.05, 4.69) is 15.5 Å². The van der Waals surface area contributed by atoms with Gasteiger partial charge in [-0.2, -0.15) is 0 Å². The largest absolute Gasteiger partial charge is 0.363 e. The van der Waals surface area contributed by atoms with Gasteiger partial charge in [0.15, 0.2) is 14.2 Å². The van der Waals surface area contributed by atoms with Crippen molar-refractivity contribution in [1.82, 2.24) is 15.1 Å². The third kappa shape index (κ3) is 4.20. The second kappa shape index (κ2) is 7.57. The minimum atomic E-state index is -3.00. The minimum Gasteiger partial charge on any atom is -0.363 e. The average molecular weight is 391 g/mol. The summed E-state index contributed by atoms with van der Waals surface area (Å²) in [6, 6.07) is 0.0344. The Morgan fingerprint density at radius 1 is 1.29 bits per heavy atom. The summed E-state index contributed by atoms with van der Waals surface area (Å²) in [6.45, 7) is 0. The first-order chi connectivity index (χ1) is 11.5. The van der Waals surface area contributed by atoms with Crippen molar-refractivity contribution in [3.05, 3.63) is 0 Å². The normalized spacial score (nSPS) is 23.5. The van der Waals surface area contributed by atoms with Gasteiger partial charge in [0, 0.05) is 19.1 Å². The van der Waals surface area contributed by atoms with Crippen molar-refractivity contribution in [3.8, 4) is 0 Å². The van der Waals surface area contributed by atoms with E-state index in [9.17, 15) is 13.2 Å². The van der Waals surface area contributed by atoms with Gasteiger partial charge in [-0.3, -0.25) is 4.79 Å². The van der Waals surface area contributed by atoms with Gasteiger partial charge in [0.25, 0.3) is 0 Å². The summed E-state index contributed by atoms with van der Waals surface area (Å²) in [7, 11) is -1.22. The Morgan fingerprint density at radius 2 is 2.04 bits per heavy atom. The highest BCUT2D eigenvalue weighted by Crippen LogP contribution is 2.31. The van der Waals surface area contributed by atoms with Crippen molar-refractivity contribution >= 4 is 44.0 Å². The number of nitrogens with zero attached hydrogens (tertiary/aromatic N) is 3. The fourth-order valence-corrected chi connectivity index (χ4v) is 6.74. The van der Waals surface area contributed by atoms with Gasteiger partial charge in [-0.25, -0.2) is 8.42 Å². The van der Waals surface area contributed by atoms with Crippen molar-refractivity contribution in [2.45, 2.75) is 48.5 Å². The molecule has 1 aliphatic heterocycles. The summed E-state index contributed by atoms with van der Waals surface area (Å²) in [4.78, 5) is 14.7. The van der Waals surface area contributed by atoms with E-state index in [1.807, 2.05) is 4.90 Å². The molecule has 1 amide bonds. The maximum Gasteiger partial charge on any atom is 0.233 e. The van der Waals surface area contributed by atoms with Gasteiger partial charge in [0.2, 0.25) is 11.0 Å². The van der Waals surface area contributed by atoms with Crippen LogP contribution in [-0.2, 0) is 14.6 Å². The van der Waals surface area contributed by atoms with Gasteiger partial charge in [0.05, 0.1) is 17.3 Å². The van der Waals surface area contributed by atoms with Crippen LogP contribution in [0.15, 0.2) is 4.34 Å². The van der Waals surface area contributed by atoms with Crippen LogP contribution in [-0.4, -0.2) is 65.8 Å². The van der Waals surface area contributed by atoms with Gasteiger partial charge < -0.3 is 10.2 Å². The van der Waals surface area contributed by atoms with Crippen molar-refractivity contribution in [2.75, 3.05) is 29.6 Å². The molecule has 2 fully saturated rings. The first-order valence-corrected chi connectivity index (χ1v) is 11.8. The molecule has 1 aromatic rings. The summed E-state index contributed by atoms with van der Waals surface area (Å²) >= 11 is 2.79. The quantitative estimate of drug-likeness (QED) is 0.738. The molecule has 0 unspecified atom stereocenters. The molecule has 0 radical (unpaired) electrons. The molecule has 2 aliphatic rings. The maximum atomic E-state index is 12.8. The molecule has 1 atom stereocenters. The van der Waals surface area contributed by atoms with Crippen LogP contribution in [0.3, 0.4) is 0 Å². The number of aromatic nitrogens is 2. The molecule has 0 spiro atoms. The molecule has 0 bridgehead atoms. The predicted octanol–water partition coefficient (Wildman–Crippen LogP) is 1.63. The van der Waals surface area contributed by atoms with Gasteiger partial charge in [-0.05, 0) is 19.3 Å². The van der Waals surface area contributed by atoms with Crippen molar-refractivity contribution in [1.29, 1.82) is 0 Å². The number of nitrogens with one attached hydrogen (secondary N) is 1. The molecule has 2 heterocycles. The number of carbonyl (C=O) groups is 1. The summed E-state index contributed by atoms with van der Waals surface area (Å²) in [6.07, 6.45) is 4.76. The van der Waals surface area contributed by atoms with E-state index in [0.717, 1.165) is 35.2 Å². The Morgan fingerprint density at radius 3 is 2.62 bits per heavy atom. The van der Waals surface area contributed by atoms with Crippen molar-refractivity contribution in [2.24, 2.45) is 0 Å². The van der Waals surface area contributed by atoms with Crippen LogP contribution in [0.4, 0.5) is 5.13 Å². The second-order valence-corrected chi connectivity index (χ2v) is 10.6. The van der Waals surface area contributed by atoms with Crippen molar-refractivity contribution < 1.29 is 13.2 Å². The summed E-state index contributed by atoms with van der Waals surface area (Å²) in [5, 5.41) is 11.7. The number of rotatable bonds is 6. The van der Waals surface area contributed by atoms with Crippen molar-refractivity contribution in [3.63, 3.8) is 0 Å². The molecule has 1 saturated carbocycles. The molecular formula is C14H22N4O3S3. The molecule has 1 N–H and O–H groups in total. The first-order valence-electron chi connectivity index (χ1n) is 8.14. The first kappa shape index (κ1) is 17.9. The van der Waals surface area contributed by atoms with Gasteiger partial charge in [-0.15, -0.1) is 10.2 Å². The van der Waals surface area contributed by atoms with Crippen LogP contribution in [0.5, 0.6) is 0 Å². The second-order valence-electron chi connectivity index (χ2n) is 6.21. The monoisotopic (exact) mass is 390 g/mol. The van der Waals surface area contributed by atoms with Crippen LogP contribution in [0.25, 0.3) is 0 Å². The van der Waals surface area contributed by atoms with E-state index >= 15 is 0 Å². The lowest BCUT2D eigenvalue weighted by atomic mass is 10.1. The number of thioether (sulfide) groups is 1. The fourth-order valence-electron chi connectivity index (χ4n) is 3.45.